The lowest BCUT2D eigenvalue weighted by Gasteiger charge is -2.49. The maximum absolute atomic E-state index is 13.0. The summed E-state index contributed by atoms with van der Waals surface area (Å²) in [6, 6.07) is -0.980. The monoisotopic (exact) mass is 569 g/mol. The van der Waals surface area contributed by atoms with Crippen molar-refractivity contribution in [2.75, 3.05) is 31.5 Å². The predicted octanol–water partition coefficient (Wildman–Crippen LogP) is -1.23. The number of tetrazole rings is 1. The largest absolute Gasteiger partial charge is 0.477 e. The Bertz CT molecular complexity index is 1310. The standard InChI is InChI=1S/C18H19N9O7S3/c1-33-9(28)3-26-18(22-24-25-26)37-5-7-4-35-15-11(14(30)27(15)12(7)16(31)32)21-13(29)10(23-34-2)8-6-36-17(19)20-8/h6,11,15H,3-5H2,1-2H3,(H2,19,20)(H,21,29)(H,31,32)/t11?,15-/m1/s1. The molecule has 0 aliphatic carbocycles. The average Bonchev–Trinajstić information content (AvgIpc) is 3.51. The number of rotatable bonds is 10. The third kappa shape index (κ3) is 5.37. The number of β-lactam (4-membered cyclic amide) rings is 1. The summed E-state index contributed by atoms with van der Waals surface area (Å²) in [6.07, 6.45) is 0. The maximum atomic E-state index is 13.0. The molecule has 0 bridgehead atoms. The molecule has 4 N–H and O–H groups in total. The van der Waals surface area contributed by atoms with Crippen molar-refractivity contribution in [1.82, 2.24) is 35.4 Å². The van der Waals surface area contributed by atoms with Gasteiger partial charge in [-0.05, 0) is 16.0 Å². The molecular formula is C18H19N9O7S3. The second kappa shape index (κ2) is 11.1. The lowest BCUT2D eigenvalue weighted by atomic mass is 10.0. The number of carbonyl (C=O) groups is 4. The number of ether oxygens (including phenoxy) is 1. The highest BCUT2D eigenvalue weighted by Gasteiger charge is 2.54. The highest BCUT2D eigenvalue weighted by Crippen LogP contribution is 2.41. The van der Waals surface area contributed by atoms with Gasteiger partial charge < -0.3 is 25.7 Å². The van der Waals surface area contributed by atoms with Crippen LogP contribution in [0.1, 0.15) is 5.69 Å². The molecule has 2 aromatic rings. The topological polar surface area (TPSA) is 217 Å². The van der Waals surface area contributed by atoms with Crippen LogP contribution in [0.4, 0.5) is 5.13 Å². The molecule has 0 radical (unpaired) electrons. The molecule has 16 nitrogen and oxygen atoms in total. The molecular weight excluding hydrogens is 550 g/mol. The molecule has 196 valence electrons. The predicted molar refractivity (Wildman–Crippen MR) is 130 cm³/mol. The summed E-state index contributed by atoms with van der Waals surface area (Å²) < 4.78 is 5.83. The summed E-state index contributed by atoms with van der Waals surface area (Å²) in [5.41, 5.74) is 5.94. The molecule has 4 heterocycles. The number of fused-ring (bicyclic) bond motifs is 1. The molecule has 2 aliphatic heterocycles. The molecule has 19 heteroatoms. The second-order valence-electron chi connectivity index (χ2n) is 7.30. The Labute approximate surface area is 220 Å². The molecule has 37 heavy (non-hydrogen) atoms. The Balaban J connectivity index is 1.47. The van der Waals surface area contributed by atoms with Crippen LogP contribution in [0, 0.1) is 0 Å². The van der Waals surface area contributed by atoms with Gasteiger partial charge in [-0.1, -0.05) is 16.9 Å². The van der Waals surface area contributed by atoms with Gasteiger partial charge in [0.25, 0.3) is 11.8 Å². The van der Waals surface area contributed by atoms with Gasteiger partial charge in [0, 0.05) is 16.9 Å². The van der Waals surface area contributed by atoms with E-state index in [2.05, 4.69) is 35.7 Å². The van der Waals surface area contributed by atoms with E-state index in [1.165, 1.54) is 36.0 Å². The number of thioether (sulfide) groups is 2. The van der Waals surface area contributed by atoms with Gasteiger partial charge in [-0.15, -0.1) is 28.2 Å². The molecule has 2 atom stereocenters. The van der Waals surface area contributed by atoms with Crippen molar-refractivity contribution < 1.29 is 33.9 Å². The van der Waals surface area contributed by atoms with Crippen LogP contribution < -0.4 is 11.1 Å². The van der Waals surface area contributed by atoms with Gasteiger partial charge in [0.05, 0.1) is 7.11 Å². The van der Waals surface area contributed by atoms with Gasteiger partial charge in [0.1, 0.15) is 36.5 Å². The maximum Gasteiger partial charge on any atom is 0.352 e. The van der Waals surface area contributed by atoms with Crippen molar-refractivity contribution in [1.29, 1.82) is 0 Å². The number of nitrogens with two attached hydrogens (primary N) is 1. The Morgan fingerprint density at radius 3 is 2.81 bits per heavy atom. The fourth-order valence-electron chi connectivity index (χ4n) is 3.43. The number of carboxylic acid groups (broad SMARTS) is 1. The van der Waals surface area contributed by atoms with Gasteiger partial charge in [0.2, 0.25) is 5.16 Å². The van der Waals surface area contributed by atoms with Crippen LogP contribution >= 0.6 is 34.9 Å². The molecule has 0 saturated carbocycles. The Kier molecular flexibility index (Phi) is 7.93. The third-order valence-corrected chi connectivity index (χ3v) is 8.14. The number of hydrogen-bond acceptors (Lipinski definition) is 15. The lowest BCUT2D eigenvalue weighted by Crippen LogP contribution is -2.71. The fraction of sp³-hybridized carbons (Fsp3) is 0.389. The summed E-state index contributed by atoms with van der Waals surface area (Å²) in [5.74, 6) is -2.71. The van der Waals surface area contributed by atoms with E-state index in [1.54, 1.807) is 0 Å². The number of amides is 2. The van der Waals surface area contributed by atoms with E-state index in [4.69, 9.17) is 10.6 Å². The number of methoxy groups -OCH3 is 1. The molecule has 1 saturated heterocycles. The zero-order chi connectivity index (χ0) is 26.7. The zero-order valence-corrected chi connectivity index (χ0v) is 21.6. The summed E-state index contributed by atoms with van der Waals surface area (Å²) in [7, 11) is 2.49. The lowest BCUT2D eigenvalue weighted by molar-refractivity contribution is -0.150. The van der Waals surface area contributed by atoms with E-state index < -0.39 is 35.2 Å². The van der Waals surface area contributed by atoms with E-state index in [-0.39, 0.29) is 45.4 Å². The van der Waals surface area contributed by atoms with Crippen molar-refractivity contribution in [2.24, 2.45) is 5.16 Å². The first-order chi connectivity index (χ1) is 17.7. The van der Waals surface area contributed by atoms with Crippen LogP contribution in [0.15, 0.2) is 27.0 Å². The van der Waals surface area contributed by atoms with E-state index in [1.807, 2.05) is 0 Å². The SMILES string of the molecule is CON=C(C(=O)NC1C(=O)N2C(C(=O)O)=C(CSc3nnnn3CC(=O)OC)CS[C@H]12)c1csc(N)n1. The van der Waals surface area contributed by atoms with Gasteiger partial charge >= 0.3 is 11.9 Å². The molecule has 4 rings (SSSR count). The first-order valence-electron chi connectivity index (χ1n) is 10.2. The Morgan fingerprint density at radius 1 is 1.38 bits per heavy atom. The van der Waals surface area contributed by atoms with E-state index in [9.17, 15) is 24.3 Å². The molecule has 1 fully saturated rings. The van der Waals surface area contributed by atoms with Crippen LogP contribution in [0.3, 0.4) is 0 Å². The van der Waals surface area contributed by atoms with Crippen LogP contribution in [0.25, 0.3) is 0 Å². The number of carbonyl (C=O) groups excluding carboxylic acids is 3. The fourth-order valence-corrected chi connectivity index (χ4v) is 6.34. The summed E-state index contributed by atoms with van der Waals surface area (Å²) >= 11 is 3.52. The van der Waals surface area contributed by atoms with Crippen LogP contribution in [0.5, 0.6) is 0 Å². The highest BCUT2D eigenvalue weighted by molar-refractivity contribution is 8.01. The first-order valence-corrected chi connectivity index (χ1v) is 13.2. The number of aromatic nitrogens is 5. The number of anilines is 1. The number of oxime groups is 1. The second-order valence-corrected chi connectivity index (χ2v) is 10.2. The molecule has 2 amide bonds. The number of thiazole rings is 1. The van der Waals surface area contributed by atoms with Crippen LogP contribution in [0.2, 0.25) is 0 Å². The normalized spacial score (nSPS) is 19.2. The van der Waals surface area contributed by atoms with Gasteiger partial charge in [-0.25, -0.2) is 14.5 Å². The zero-order valence-electron chi connectivity index (χ0n) is 19.2. The van der Waals surface area contributed by atoms with Gasteiger partial charge in [-0.3, -0.25) is 19.3 Å². The van der Waals surface area contributed by atoms with E-state index >= 15 is 0 Å². The average molecular weight is 570 g/mol. The van der Waals surface area contributed by atoms with Crippen molar-refractivity contribution in [3.05, 3.63) is 22.3 Å². The Morgan fingerprint density at radius 2 is 2.16 bits per heavy atom. The van der Waals surface area contributed by atoms with Crippen LogP contribution in [-0.4, -0.2) is 102 Å². The van der Waals surface area contributed by atoms with Crippen molar-refractivity contribution in [3.8, 4) is 0 Å². The number of esters is 1. The molecule has 2 aliphatic rings. The van der Waals surface area contributed by atoms with Crippen molar-refractivity contribution in [3.63, 3.8) is 0 Å². The molecule has 2 aromatic heterocycles. The van der Waals surface area contributed by atoms with Gasteiger partial charge in [-0.2, -0.15) is 0 Å². The van der Waals surface area contributed by atoms with E-state index in [0.29, 0.717) is 5.57 Å². The summed E-state index contributed by atoms with van der Waals surface area (Å²) in [4.78, 5) is 59.3. The smallest absolute Gasteiger partial charge is 0.352 e. The minimum Gasteiger partial charge on any atom is -0.477 e. The number of nitrogens with one attached hydrogen (secondary N) is 1. The van der Waals surface area contributed by atoms with Gasteiger partial charge in [0.15, 0.2) is 10.8 Å². The number of carboxylic acids is 1. The molecule has 1 unspecified atom stereocenters. The summed E-state index contributed by atoms with van der Waals surface area (Å²) in [6.45, 7) is -0.207. The minimum absolute atomic E-state index is 0.152. The Hall–Kier alpha value is -3.71. The number of hydrogen-bond donors (Lipinski definition) is 3. The van der Waals surface area contributed by atoms with E-state index in [0.717, 1.165) is 28.0 Å². The molecule has 0 spiro atoms. The van der Waals surface area contributed by atoms with Crippen molar-refractivity contribution in [2.45, 2.75) is 23.1 Å². The van der Waals surface area contributed by atoms with Crippen LogP contribution in [-0.2, 0) is 35.3 Å². The molecule has 0 aromatic carbocycles. The number of nitrogens with zero attached hydrogens (tertiary/aromatic N) is 7. The quantitative estimate of drug-likeness (QED) is 0.100. The summed E-state index contributed by atoms with van der Waals surface area (Å²) in [5, 5.41) is 28.6. The first kappa shape index (κ1) is 26.4. The number of nitrogen functional groups attached to an aromatic ring is 1. The minimum atomic E-state index is -1.28. The third-order valence-electron chi connectivity index (χ3n) is 5.08. The van der Waals surface area contributed by atoms with Crippen molar-refractivity contribution >= 4 is 69.5 Å². The highest BCUT2D eigenvalue weighted by atomic mass is 32.2. The number of aliphatic carboxylic acids is 1.